The van der Waals surface area contributed by atoms with Crippen LogP contribution in [0.25, 0.3) is 0 Å². The number of aliphatic hydroxyl groups excluding tert-OH is 1. The fourth-order valence-corrected chi connectivity index (χ4v) is 3.71. The summed E-state index contributed by atoms with van der Waals surface area (Å²) in [5.74, 6) is -1.00. The predicted octanol–water partition coefficient (Wildman–Crippen LogP) is 1.91. The zero-order valence-corrected chi connectivity index (χ0v) is 11.5. The van der Waals surface area contributed by atoms with Gasteiger partial charge in [0.2, 0.25) is 0 Å². The highest BCUT2D eigenvalue weighted by Crippen LogP contribution is 2.45. The Balaban J connectivity index is 1.83. The van der Waals surface area contributed by atoms with E-state index in [1.165, 1.54) is 0 Å². The molecule has 1 aliphatic carbocycles. The lowest BCUT2D eigenvalue weighted by Crippen LogP contribution is -2.47. The first kappa shape index (κ1) is 13.4. The molecular weight excluding hydrogens is 256 g/mol. The molecule has 2 fully saturated rings. The average molecular weight is 276 g/mol. The molecule has 1 aromatic rings. The van der Waals surface area contributed by atoms with Gasteiger partial charge in [0.1, 0.15) is 5.69 Å². The van der Waals surface area contributed by atoms with E-state index in [0.29, 0.717) is 0 Å². The molecule has 5 nitrogen and oxygen atoms in total. The van der Waals surface area contributed by atoms with E-state index in [2.05, 4.69) is 9.88 Å². The Morgan fingerprint density at radius 1 is 1.40 bits per heavy atom. The van der Waals surface area contributed by atoms with Gasteiger partial charge in [-0.2, -0.15) is 0 Å². The topological polar surface area (TPSA) is 73.7 Å². The molecule has 0 radical (unpaired) electrons. The van der Waals surface area contributed by atoms with E-state index in [1.54, 1.807) is 12.3 Å². The van der Waals surface area contributed by atoms with Crippen molar-refractivity contribution in [3.8, 4) is 0 Å². The predicted molar refractivity (Wildman–Crippen MR) is 74.9 cm³/mol. The van der Waals surface area contributed by atoms with Gasteiger partial charge in [-0.3, -0.25) is 0 Å². The van der Waals surface area contributed by atoms with Gasteiger partial charge in [0, 0.05) is 30.4 Å². The minimum Gasteiger partial charge on any atom is -0.477 e. The number of hydrogen-bond donors (Lipinski definition) is 2. The van der Waals surface area contributed by atoms with Crippen LogP contribution in [-0.4, -0.2) is 40.4 Å². The Labute approximate surface area is 118 Å². The molecule has 2 heterocycles. The molecule has 108 valence electrons. The summed E-state index contributed by atoms with van der Waals surface area (Å²) in [4.78, 5) is 17.1. The second-order valence-corrected chi connectivity index (χ2v) is 6.00. The molecule has 0 bridgehead atoms. The van der Waals surface area contributed by atoms with Crippen molar-refractivity contribution in [3.63, 3.8) is 0 Å². The number of hydrogen-bond acceptors (Lipinski definition) is 4. The summed E-state index contributed by atoms with van der Waals surface area (Å²) in [6.07, 6.45) is 6.50. The number of anilines is 1. The van der Waals surface area contributed by atoms with Crippen molar-refractivity contribution in [2.24, 2.45) is 5.41 Å². The van der Waals surface area contributed by atoms with Gasteiger partial charge in [-0.05, 0) is 37.8 Å². The molecule has 5 heteroatoms. The monoisotopic (exact) mass is 276 g/mol. The van der Waals surface area contributed by atoms with Crippen molar-refractivity contribution in [2.45, 2.75) is 38.2 Å². The van der Waals surface area contributed by atoms with E-state index in [-0.39, 0.29) is 17.2 Å². The number of aromatic carboxylic acids is 1. The van der Waals surface area contributed by atoms with Crippen LogP contribution < -0.4 is 4.90 Å². The Morgan fingerprint density at radius 3 is 2.90 bits per heavy atom. The van der Waals surface area contributed by atoms with Crippen LogP contribution in [0.3, 0.4) is 0 Å². The minimum absolute atomic E-state index is 0.00487. The lowest BCUT2D eigenvalue weighted by Gasteiger charge is -2.43. The van der Waals surface area contributed by atoms with Gasteiger partial charge in [0.15, 0.2) is 0 Å². The van der Waals surface area contributed by atoms with E-state index in [9.17, 15) is 9.90 Å². The average Bonchev–Trinajstić information content (AvgIpc) is 2.80. The van der Waals surface area contributed by atoms with Gasteiger partial charge >= 0.3 is 5.97 Å². The first-order valence-electron chi connectivity index (χ1n) is 7.23. The number of piperidine rings is 1. The molecule has 1 saturated carbocycles. The third-order valence-corrected chi connectivity index (χ3v) is 4.80. The molecule has 0 aromatic carbocycles. The summed E-state index contributed by atoms with van der Waals surface area (Å²) in [6.45, 7) is 1.73. The van der Waals surface area contributed by atoms with Crippen LogP contribution in [0.2, 0.25) is 0 Å². The molecule has 2 aliphatic rings. The van der Waals surface area contributed by atoms with Gasteiger partial charge in [0.05, 0.1) is 6.10 Å². The Morgan fingerprint density at radius 2 is 2.20 bits per heavy atom. The van der Waals surface area contributed by atoms with Crippen molar-refractivity contribution in [1.29, 1.82) is 0 Å². The second kappa shape index (κ2) is 5.05. The molecular formula is C15H20N2O3. The summed E-state index contributed by atoms with van der Waals surface area (Å²) in [5, 5.41) is 19.3. The molecule has 2 N–H and O–H groups in total. The van der Waals surface area contributed by atoms with E-state index >= 15 is 0 Å². The molecule has 1 aromatic heterocycles. The maximum Gasteiger partial charge on any atom is 0.354 e. The highest BCUT2D eigenvalue weighted by molar-refractivity contribution is 5.86. The van der Waals surface area contributed by atoms with Crippen LogP contribution >= 0.6 is 0 Å². The van der Waals surface area contributed by atoms with E-state index in [0.717, 1.165) is 50.9 Å². The molecule has 3 rings (SSSR count). The number of carbonyl (C=O) groups is 1. The molecule has 1 saturated heterocycles. The zero-order chi connectivity index (χ0) is 14.2. The number of nitrogens with zero attached hydrogens (tertiary/aromatic N) is 2. The minimum atomic E-state index is -1.00. The van der Waals surface area contributed by atoms with E-state index < -0.39 is 5.97 Å². The summed E-state index contributed by atoms with van der Waals surface area (Å²) in [7, 11) is 0. The summed E-state index contributed by atoms with van der Waals surface area (Å²) in [5.41, 5.74) is 0.981. The molecule has 1 aliphatic heterocycles. The summed E-state index contributed by atoms with van der Waals surface area (Å²) >= 11 is 0. The standard InChI is InChI=1S/C15H20N2O3/c18-13-3-1-5-15(13)6-2-8-17(10-15)11-4-7-16-12(9-11)14(19)20/h4,7,9,13,18H,1-3,5-6,8,10H2,(H,19,20)/t13-,15+/m1/s1. The Hall–Kier alpha value is -1.62. The van der Waals surface area contributed by atoms with Crippen molar-refractivity contribution in [2.75, 3.05) is 18.0 Å². The maximum absolute atomic E-state index is 11.0. The van der Waals surface area contributed by atoms with Gasteiger partial charge in [-0.25, -0.2) is 9.78 Å². The number of pyridine rings is 1. The quantitative estimate of drug-likeness (QED) is 0.863. The number of carboxylic acid groups (broad SMARTS) is 1. The van der Waals surface area contributed by atoms with Gasteiger partial charge in [-0.1, -0.05) is 6.42 Å². The summed E-state index contributed by atoms with van der Waals surface area (Å²) < 4.78 is 0. The van der Waals surface area contributed by atoms with Crippen molar-refractivity contribution in [1.82, 2.24) is 4.98 Å². The number of aromatic nitrogens is 1. The molecule has 20 heavy (non-hydrogen) atoms. The first-order valence-corrected chi connectivity index (χ1v) is 7.23. The maximum atomic E-state index is 11.0. The van der Waals surface area contributed by atoms with E-state index in [4.69, 9.17) is 5.11 Å². The zero-order valence-electron chi connectivity index (χ0n) is 11.5. The highest BCUT2D eigenvalue weighted by atomic mass is 16.4. The van der Waals surface area contributed by atoms with Crippen LogP contribution in [0, 0.1) is 5.41 Å². The molecule has 0 unspecified atom stereocenters. The van der Waals surface area contributed by atoms with Gasteiger partial charge < -0.3 is 15.1 Å². The smallest absolute Gasteiger partial charge is 0.354 e. The molecule has 2 atom stereocenters. The third-order valence-electron chi connectivity index (χ3n) is 4.80. The van der Waals surface area contributed by atoms with Gasteiger partial charge in [-0.15, -0.1) is 0 Å². The van der Waals surface area contributed by atoms with Gasteiger partial charge in [0.25, 0.3) is 0 Å². The lowest BCUT2D eigenvalue weighted by molar-refractivity contribution is 0.0409. The van der Waals surface area contributed by atoms with Crippen molar-refractivity contribution < 1.29 is 15.0 Å². The normalized spacial score (nSPS) is 29.9. The van der Waals surface area contributed by atoms with Crippen LogP contribution in [0.4, 0.5) is 5.69 Å². The number of rotatable bonds is 2. The third kappa shape index (κ3) is 2.26. The summed E-state index contributed by atoms with van der Waals surface area (Å²) in [6, 6.07) is 3.48. The molecule has 1 spiro atoms. The van der Waals surface area contributed by atoms with Crippen molar-refractivity contribution in [3.05, 3.63) is 24.0 Å². The van der Waals surface area contributed by atoms with Crippen LogP contribution in [0.1, 0.15) is 42.6 Å². The van der Waals surface area contributed by atoms with Crippen molar-refractivity contribution >= 4 is 11.7 Å². The van der Waals surface area contributed by atoms with Crippen LogP contribution in [-0.2, 0) is 0 Å². The second-order valence-electron chi connectivity index (χ2n) is 6.00. The largest absolute Gasteiger partial charge is 0.477 e. The van der Waals surface area contributed by atoms with Crippen LogP contribution in [0.5, 0.6) is 0 Å². The fraction of sp³-hybridized carbons (Fsp3) is 0.600. The highest BCUT2D eigenvalue weighted by Gasteiger charge is 2.44. The Bertz CT molecular complexity index is 520. The van der Waals surface area contributed by atoms with Crippen LogP contribution in [0.15, 0.2) is 18.3 Å². The Kier molecular flexibility index (Phi) is 3.38. The van der Waals surface area contributed by atoms with E-state index in [1.807, 2.05) is 6.07 Å². The lowest BCUT2D eigenvalue weighted by atomic mass is 9.76. The molecule has 0 amide bonds. The fourth-order valence-electron chi connectivity index (χ4n) is 3.71. The SMILES string of the molecule is O=C(O)c1cc(N2CCC[C@@]3(CCC[C@H]3O)C2)ccn1. The number of aliphatic hydroxyl groups is 1. The first-order chi connectivity index (χ1) is 9.61. The number of carboxylic acids is 1.